The summed E-state index contributed by atoms with van der Waals surface area (Å²) in [4.78, 5) is 0. The van der Waals surface area contributed by atoms with Gasteiger partial charge in [-0.25, -0.2) is 4.39 Å². The summed E-state index contributed by atoms with van der Waals surface area (Å²) >= 11 is 0. The van der Waals surface area contributed by atoms with Gasteiger partial charge in [0.15, 0.2) is 0 Å². The molecule has 0 N–H and O–H groups in total. The van der Waals surface area contributed by atoms with Crippen molar-refractivity contribution in [1.82, 2.24) is 0 Å². The van der Waals surface area contributed by atoms with Gasteiger partial charge >= 0.3 is 0 Å². The van der Waals surface area contributed by atoms with Crippen LogP contribution in [-0.2, 0) is 0 Å². The summed E-state index contributed by atoms with van der Waals surface area (Å²) in [7, 11) is 0. The van der Waals surface area contributed by atoms with E-state index in [1.54, 1.807) is 0 Å². The second-order valence-electron chi connectivity index (χ2n) is 2.05. The molecule has 2 bridgehead atoms. The third kappa shape index (κ3) is 0.302. The molecular weight excluding hydrogens is 103 g/mol. The summed E-state index contributed by atoms with van der Waals surface area (Å²) in [6.45, 7) is 0. The Balaban J connectivity index is 2.55. The molecule has 0 unspecified atom stereocenters. The molecule has 0 saturated carbocycles. The SMILES string of the molecule is FC1=C2C=CC1C=C2. The molecule has 0 spiro atoms. The van der Waals surface area contributed by atoms with Crippen LogP contribution in [0.25, 0.3) is 0 Å². The van der Waals surface area contributed by atoms with Gasteiger partial charge in [0.2, 0.25) is 0 Å². The maximum absolute atomic E-state index is 12.5. The molecule has 0 heterocycles. The van der Waals surface area contributed by atoms with Crippen molar-refractivity contribution in [2.24, 2.45) is 5.92 Å². The molecule has 40 valence electrons. The monoisotopic (exact) mass is 108 g/mol. The van der Waals surface area contributed by atoms with Crippen LogP contribution in [0.3, 0.4) is 0 Å². The van der Waals surface area contributed by atoms with Crippen LogP contribution in [0.4, 0.5) is 4.39 Å². The van der Waals surface area contributed by atoms with Gasteiger partial charge in [0.1, 0.15) is 5.83 Å². The molecular formula is C7H5F. The van der Waals surface area contributed by atoms with Crippen LogP contribution in [0.15, 0.2) is 35.7 Å². The molecule has 0 saturated heterocycles. The van der Waals surface area contributed by atoms with Gasteiger partial charge in [0.05, 0.1) is 0 Å². The van der Waals surface area contributed by atoms with Crippen LogP contribution < -0.4 is 0 Å². The average molecular weight is 108 g/mol. The largest absolute Gasteiger partial charge is 0.210 e. The number of hydrogen-bond donors (Lipinski definition) is 0. The molecule has 8 heavy (non-hydrogen) atoms. The highest BCUT2D eigenvalue weighted by Gasteiger charge is 2.21. The molecule has 2 aliphatic carbocycles. The van der Waals surface area contributed by atoms with E-state index in [1.807, 2.05) is 24.3 Å². The molecule has 2 aliphatic rings. The van der Waals surface area contributed by atoms with Gasteiger partial charge < -0.3 is 0 Å². The predicted molar refractivity (Wildman–Crippen MR) is 29.9 cm³/mol. The summed E-state index contributed by atoms with van der Waals surface area (Å²) in [5, 5.41) is 0. The Hall–Kier alpha value is -0.850. The van der Waals surface area contributed by atoms with Crippen LogP contribution in [-0.4, -0.2) is 0 Å². The molecule has 0 aromatic rings. The van der Waals surface area contributed by atoms with Crippen LogP contribution >= 0.6 is 0 Å². The van der Waals surface area contributed by atoms with Crippen LogP contribution in [0.5, 0.6) is 0 Å². The Labute approximate surface area is 47.0 Å². The van der Waals surface area contributed by atoms with Crippen LogP contribution in [0.1, 0.15) is 0 Å². The first-order chi connectivity index (χ1) is 3.88. The van der Waals surface area contributed by atoms with Gasteiger partial charge in [0.25, 0.3) is 0 Å². The highest BCUT2D eigenvalue weighted by atomic mass is 19.1. The maximum atomic E-state index is 12.5. The molecule has 1 heteroatoms. The smallest absolute Gasteiger partial charge is 0.118 e. The van der Waals surface area contributed by atoms with E-state index in [0.717, 1.165) is 5.57 Å². The predicted octanol–water partition coefficient (Wildman–Crippen LogP) is 1.97. The summed E-state index contributed by atoms with van der Waals surface area (Å²) < 4.78 is 12.5. The quantitative estimate of drug-likeness (QED) is 0.445. The molecule has 0 fully saturated rings. The zero-order valence-electron chi connectivity index (χ0n) is 4.26. The van der Waals surface area contributed by atoms with E-state index in [-0.39, 0.29) is 11.7 Å². The van der Waals surface area contributed by atoms with Gasteiger partial charge in [-0.15, -0.1) is 0 Å². The first-order valence-corrected chi connectivity index (χ1v) is 2.64. The maximum Gasteiger partial charge on any atom is 0.118 e. The summed E-state index contributed by atoms with van der Waals surface area (Å²) in [5.74, 6) is 0.00926. The van der Waals surface area contributed by atoms with Gasteiger partial charge in [-0.3, -0.25) is 0 Å². The van der Waals surface area contributed by atoms with E-state index in [0.29, 0.717) is 0 Å². The number of allylic oxidation sites excluding steroid dienone is 6. The van der Waals surface area contributed by atoms with Gasteiger partial charge in [-0.2, -0.15) is 0 Å². The van der Waals surface area contributed by atoms with Gasteiger partial charge in [-0.1, -0.05) is 24.3 Å². The summed E-state index contributed by atoms with van der Waals surface area (Å²) in [6, 6.07) is 0. The lowest BCUT2D eigenvalue weighted by Crippen LogP contribution is -1.82. The number of fused-ring (bicyclic) bond motifs is 1. The second-order valence-corrected chi connectivity index (χ2v) is 2.05. The molecule has 0 aromatic heterocycles. The normalized spacial score (nSPS) is 24.1. The van der Waals surface area contributed by atoms with Crippen LogP contribution in [0, 0.1) is 5.92 Å². The number of hydrogen-bond acceptors (Lipinski definition) is 0. The average Bonchev–Trinajstić information content (AvgIpc) is 2.29. The summed E-state index contributed by atoms with van der Waals surface area (Å²) in [6.07, 6.45) is 7.37. The Kier molecular flexibility index (Phi) is 0.562. The highest BCUT2D eigenvalue weighted by Crippen LogP contribution is 2.33. The third-order valence-corrected chi connectivity index (χ3v) is 1.53. The summed E-state index contributed by atoms with van der Waals surface area (Å²) in [5.41, 5.74) is 0.759. The van der Waals surface area contributed by atoms with Crippen molar-refractivity contribution in [2.75, 3.05) is 0 Å². The van der Waals surface area contributed by atoms with Crippen molar-refractivity contribution in [3.05, 3.63) is 35.7 Å². The molecule has 0 atom stereocenters. The van der Waals surface area contributed by atoms with Crippen LogP contribution in [0.2, 0.25) is 0 Å². The zero-order chi connectivity index (χ0) is 5.56. The van der Waals surface area contributed by atoms with Gasteiger partial charge in [0, 0.05) is 11.5 Å². The Morgan fingerprint density at radius 3 is 2.00 bits per heavy atom. The van der Waals surface area contributed by atoms with Crippen molar-refractivity contribution in [3.8, 4) is 0 Å². The minimum Gasteiger partial charge on any atom is -0.210 e. The van der Waals surface area contributed by atoms with Crippen molar-refractivity contribution in [1.29, 1.82) is 0 Å². The molecule has 0 aliphatic heterocycles. The highest BCUT2D eigenvalue weighted by molar-refractivity contribution is 5.49. The van der Waals surface area contributed by atoms with E-state index >= 15 is 0 Å². The van der Waals surface area contributed by atoms with Crippen molar-refractivity contribution in [3.63, 3.8) is 0 Å². The molecule has 0 amide bonds. The molecule has 0 aromatic carbocycles. The molecule has 2 rings (SSSR count). The van der Waals surface area contributed by atoms with Crippen molar-refractivity contribution >= 4 is 0 Å². The second kappa shape index (κ2) is 1.10. The fourth-order valence-electron chi connectivity index (χ4n) is 1.06. The van der Waals surface area contributed by atoms with Crippen molar-refractivity contribution < 1.29 is 4.39 Å². The fraction of sp³-hybridized carbons (Fsp3) is 0.143. The minimum absolute atomic E-state index is 0.00926. The zero-order valence-corrected chi connectivity index (χ0v) is 4.26. The Morgan fingerprint density at radius 1 is 1.25 bits per heavy atom. The standard InChI is InChI=1S/C7H5F/c8-7-5-1-2-6(7)4-3-5/h1-5H. The number of halogens is 1. The Morgan fingerprint density at radius 2 is 1.88 bits per heavy atom. The topological polar surface area (TPSA) is 0 Å². The molecule has 0 nitrogen and oxygen atoms in total. The fourth-order valence-corrected chi connectivity index (χ4v) is 1.06. The number of rotatable bonds is 0. The van der Waals surface area contributed by atoms with E-state index in [1.165, 1.54) is 0 Å². The lowest BCUT2D eigenvalue weighted by Gasteiger charge is -1.91. The lowest BCUT2D eigenvalue weighted by molar-refractivity contribution is 0.583. The van der Waals surface area contributed by atoms with E-state index in [2.05, 4.69) is 0 Å². The van der Waals surface area contributed by atoms with Gasteiger partial charge in [-0.05, 0) is 0 Å². The van der Waals surface area contributed by atoms with E-state index in [9.17, 15) is 4.39 Å². The molecule has 0 radical (unpaired) electrons. The lowest BCUT2D eigenvalue weighted by atomic mass is 10.2. The van der Waals surface area contributed by atoms with E-state index < -0.39 is 0 Å². The minimum atomic E-state index is -0.00926. The van der Waals surface area contributed by atoms with Crippen molar-refractivity contribution in [2.45, 2.75) is 0 Å². The van der Waals surface area contributed by atoms with E-state index in [4.69, 9.17) is 0 Å². The first-order valence-electron chi connectivity index (χ1n) is 2.64. The third-order valence-electron chi connectivity index (χ3n) is 1.53. The first kappa shape index (κ1) is 4.07. The Bertz CT molecular complexity index is 192.